The third kappa shape index (κ3) is 3.03. The van der Waals surface area contributed by atoms with Crippen molar-refractivity contribution >= 4 is 11.8 Å². The van der Waals surface area contributed by atoms with E-state index in [0.29, 0.717) is 30.4 Å². The van der Waals surface area contributed by atoms with Gasteiger partial charge in [0.25, 0.3) is 11.8 Å². The van der Waals surface area contributed by atoms with Crippen LogP contribution in [0.2, 0.25) is 0 Å². The van der Waals surface area contributed by atoms with Gasteiger partial charge in [-0.15, -0.1) is 0 Å². The largest absolute Gasteiger partial charge is 0.497 e. The number of rotatable bonds is 6. The van der Waals surface area contributed by atoms with E-state index in [1.807, 2.05) is 24.3 Å². The van der Waals surface area contributed by atoms with Gasteiger partial charge in [-0.25, -0.2) is 0 Å². The Morgan fingerprint density at radius 1 is 1.00 bits per heavy atom. The first-order chi connectivity index (χ1) is 12.2. The van der Waals surface area contributed by atoms with Crippen molar-refractivity contribution < 1.29 is 14.3 Å². The second-order valence-corrected chi connectivity index (χ2v) is 6.55. The summed E-state index contributed by atoms with van der Waals surface area (Å²) in [5.41, 5.74) is 2.16. The molecule has 4 rings (SSSR count). The molecule has 2 aromatic rings. The molecule has 1 fully saturated rings. The Bertz CT molecular complexity index is 777. The molecule has 5 nitrogen and oxygen atoms in total. The lowest BCUT2D eigenvalue weighted by molar-refractivity contribution is 0.0522. The van der Waals surface area contributed by atoms with Crippen molar-refractivity contribution in [2.24, 2.45) is 0 Å². The summed E-state index contributed by atoms with van der Waals surface area (Å²) in [5, 5.41) is 0. The first-order valence-electron chi connectivity index (χ1n) is 8.49. The Hall–Kier alpha value is -2.66. The van der Waals surface area contributed by atoms with E-state index in [1.54, 1.807) is 31.4 Å². The molecule has 0 radical (unpaired) electrons. The lowest BCUT2D eigenvalue weighted by Crippen LogP contribution is -2.42. The number of methoxy groups -OCH3 is 1. The molecular weight excluding hydrogens is 316 g/mol. The van der Waals surface area contributed by atoms with Crippen molar-refractivity contribution in [1.29, 1.82) is 0 Å². The maximum Gasteiger partial charge on any atom is 0.262 e. The van der Waals surface area contributed by atoms with Crippen LogP contribution in [0.5, 0.6) is 5.75 Å². The molecular formula is C20H20N2O3. The number of imide groups is 1. The summed E-state index contributed by atoms with van der Waals surface area (Å²) in [6, 6.07) is 15.4. The van der Waals surface area contributed by atoms with Crippen LogP contribution in [0.3, 0.4) is 0 Å². The molecule has 0 atom stereocenters. The highest BCUT2D eigenvalue weighted by Gasteiger charge is 2.38. The average Bonchev–Trinajstić information content (AvgIpc) is 3.46. The number of nitrogens with zero attached hydrogens (tertiary/aromatic N) is 2. The van der Waals surface area contributed by atoms with E-state index in [1.165, 1.54) is 4.90 Å². The second-order valence-electron chi connectivity index (χ2n) is 6.55. The monoisotopic (exact) mass is 336 g/mol. The number of benzene rings is 2. The number of fused-ring (bicyclic) bond motifs is 1. The number of amides is 2. The van der Waals surface area contributed by atoms with Gasteiger partial charge in [-0.1, -0.05) is 24.3 Å². The first kappa shape index (κ1) is 15.8. The molecule has 25 heavy (non-hydrogen) atoms. The van der Waals surface area contributed by atoms with Crippen LogP contribution < -0.4 is 4.74 Å². The summed E-state index contributed by atoms with van der Waals surface area (Å²) in [5.74, 6) is 0.434. The summed E-state index contributed by atoms with van der Waals surface area (Å²) in [6.07, 6.45) is 2.22. The van der Waals surface area contributed by atoms with E-state index in [0.717, 1.165) is 24.2 Å². The van der Waals surface area contributed by atoms with Crippen molar-refractivity contribution in [2.45, 2.75) is 25.4 Å². The highest BCUT2D eigenvalue weighted by molar-refractivity contribution is 6.21. The van der Waals surface area contributed by atoms with Crippen LogP contribution in [0.1, 0.15) is 39.1 Å². The number of hydrogen-bond acceptors (Lipinski definition) is 4. The average molecular weight is 336 g/mol. The van der Waals surface area contributed by atoms with Gasteiger partial charge in [-0.3, -0.25) is 19.4 Å². The van der Waals surface area contributed by atoms with Gasteiger partial charge in [0.2, 0.25) is 0 Å². The van der Waals surface area contributed by atoms with Gasteiger partial charge in [-0.2, -0.15) is 0 Å². The van der Waals surface area contributed by atoms with E-state index in [4.69, 9.17) is 4.74 Å². The molecule has 128 valence electrons. The van der Waals surface area contributed by atoms with Crippen LogP contribution in [0.25, 0.3) is 0 Å². The molecule has 0 bridgehead atoms. The van der Waals surface area contributed by atoms with Crippen LogP contribution in [0, 0.1) is 0 Å². The minimum absolute atomic E-state index is 0.194. The van der Waals surface area contributed by atoms with E-state index < -0.39 is 0 Å². The summed E-state index contributed by atoms with van der Waals surface area (Å²) in [4.78, 5) is 28.7. The molecule has 5 heteroatoms. The molecule has 1 saturated carbocycles. The molecule has 2 aliphatic rings. The molecule has 1 aliphatic carbocycles. The molecule has 1 aliphatic heterocycles. The summed E-state index contributed by atoms with van der Waals surface area (Å²) >= 11 is 0. The van der Waals surface area contributed by atoms with Crippen LogP contribution in [0.4, 0.5) is 0 Å². The Labute approximate surface area is 146 Å². The molecule has 1 heterocycles. The minimum atomic E-state index is -0.194. The first-order valence-corrected chi connectivity index (χ1v) is 8.49. The van der Waals surface area contributed by atoms with Gasteiger partial charge in [0.05, 0.1) is 24.9 Å². The Kier molecular flexibility index (Phi) is 4.01. The van der Waals surface area contributed by atoms with E-state index in [9.17, 15) is 9.59 Å². The van der Waals surface area contributed by atoms with Crippen molar-refractivity contribution in [3.63, 3.8) is 0 Å². The lowest BCUT2D eigenvalue weighted by Gasteiger charge is -2.26. The Balaban J connectivity index is 1.51. The molecule has 0 saturated heterocycles. The zero-order valence-corrected chi connectivity index (χ0v) is 14.1. The van der Waals surface area contributed by atoms with E-state index in [-0.39, 0.29) is 11.8 Å². The fourth-order valence-corrected chi connectivity index (χ4v) is 3.25. The van der Waals surface area contributed by atoms with Gasteiger partial charge in [0, 0.05) is 12.6 Å². The summed E-state index contributed by atoms with van der Waals surface area (Å²) in [7, 11) is 1.65. The number of ether oxygens (including phenoxy) is 1. The smallest absolute Gasteiger partial charge is 0.262 e. The number of carbonyl (C=O) groups is 2. The standard InChI is InChI=1S/C20H20N2O3/c1-25-16-10-6-14(7-11-16)12-21(15-8-9-15)13-22-19(23)17-4-2-3-5-18(17)20(22)24/h2-7,10-11,15H,8-9,12-13H2,1H3. The zero-order chi connectivity index (χ0) is 17.4. The highest BCUT2D eigenvalue weighted by Crippen LogP contribution is 2.31. The summed E-state index contributed by atoms with van der Waals surface area (Å²) < 4.78 is 5.19. The van der Waals surface area contributed by atoms with Crippen LogP contribution in [-0.4, -0.2) is 41.4 Å². The predicted octanol–water partition coefficient (Wildman–Crippen LogP) is 2.91. The zero-order valence-electron chi connectivity index (χ0n) is 14.1. The molecule has 0 N–H and O–H groups in total. The molecule has 0 spiro atoms. The third-order valence-corrected chi connectivity index (χ3v) is 4.81. The Morgan fingerprint density at radius 2 is 1.60 bits per heavy atom. The predicted molar refractivity (Wildman–Crippen MR) is 93.4 cm³/mol. The number of carbonyl (C=O) groups excluding carboxylic acids is 2. The highest BCUT2D eigenvalue weighted by atomic mass is 16.5. The van der Waals surface area contributed by atoms with Crippen LogP contribution >= 0.6 is 0 Å². The third-order valence-electron chi connectivity index (χ3n) is 4.81. The molecule has 0 aromatic heterocycles. The molecule has 0 unspecified atom stereocenters. The van der Waals surface area contributed by atoms with Crippen molar-refractivity contribution in [2.75, 3.05) is 13.8 Å². The van der Waals surface area contributed by atoms with Gasteiger partial charge >= 0.3 is 0 Å². The molecule has 2 aromatic carbocycles. The maximum absolute atomic E-state index is 12.6. The second kappa shape index (κ2) is 6.33. The van der Waals surface area contributed by atoms with E-state index in [2.05, 4.69) is 4.90 Å². The van der Waals surface area contributed by atoms with Crippen molar-refractivity contribution in [3.8, 4) is 5.75 Å². The van der Waals surface area contributed by atoms with Gasteiger partial charge in [-0.05, 0) is 42.7 Å². The fraction of sp³-hybridized carbons (Fsp3) is 0.300. The van der Waals surface area contributed by atoms with Gasteiger partial charge < -0.3 is 4.74 Å². The number of hydrogen-bond donors (Lipinski definition) is 0. The quantitative estimate of drug-likeness (QED) is 0.761. The van der Waals surface area contributed by atoms with Crippen LogP contribution in [-0.2, 0) is 6.54 Å². The topological polar surface area (TPSA) is 49.9 Å². The molecule has 2 amide bonds. The fourth-order valence-electron chi connectivity index (χ4n) is 3.25. The van der Waals surface area contributed by atoms with Crippen LogP contribution in [0.15, 0.2) is 48.5 Å². The SMILES string of the molecule is COc1ccc(CN(CN2C(=O)c3ccccc3C2=O)C2CC2)cc1. The van der Waals surface area contributed by atoms with E-state index >= 15 is 0 Å². The van der Waals surface area contributed by atoms with Gasteiger partial charge in [0.1, 0.15) is 5.75 Å². The summed E-state index contributed by atoms with van der Waals surface area (Å²) in [6.45, 7) is 1.05. The van der Waals surface area contributed by atoms with Crippen molar-refractivity contribution in [1.82, 2.24) is 9.80 Å². The normalized spacial score (nSPS) is 16.5. The Morgan fingerprint density at radius 3 is 2.12 bits per heavy atom. The van der Waals surface area contributed by atoms with Gasteiger partial charge in [0.15, 0.2) is 0 Å². The van der Waals surface area contributed by atoms with Crippen molar-refractivity contribution in [3.05, 3.63) is 65.2 Å². The maximum atomic E-state index is 12.6. The lowest BCUT2D eigenvalue weighted by atomic mass is 10.1. The minimum Gasteiger partial charge on any atom is -0.497 e.